The number of nitrogens with zero attached hydrogens (tertiary/aromatic N) is 1. The van der Waals surface area contributed by atoms with Crippen molar-refractivity contribution in [3.05, 3.63) is 29.1 Å². The molecule has 0 unspecified atom stereocenters. The van der Waals surface area contributed by atoms with E-state index < -0.39 is 0 Å². The molecule has 1 aromatic rings. The second-order valence-electron chi connectivity index (χ2n) is 3.35. The van der Waals surface area contributed by atoms with Crippen molar-refractivity contribution >= 4 is 0 Å². The van der Waals surface area contributed by atoms with Crippen LogP contribution in [0.15, 0.2) is 12.1 Å². The SMILES string of the molecule is Cc1cc(CO)cc(C(C)C)n1. The molecular weight excluding hydrogens is 150 g/mol. The van der Waals surface area contributed by atoms with Crippen molar-refractivity contribution in [2.75, 3.05) is 0 Å². The fourth-order valence-electron chi connectivity index (χ4n) is 1.16. The van der Waals surface area contributed by atoms with Crippen LogP contribution in [0.2, 0.25) is 0 Å². The summed E-state index contributed by atoms with van der Waals surface area (Å²) in [4.78, 5) is 4.37. The van der Waals surface area contributed by atoms with Crippen LogP contribution in [0.4, 0.5) is 0 Å². The highest BCUT2D eigenvalue weighted by Gasteiger charge is 2.02. The molecule has 0 aliphatic rings. The first kappa shape index (κ1) is 9.20. The Morgan fingerprint density at radius 2 is 2.08 bits per heavy atom. The topological polar surface area (TPSA) is 33.1 Å². The van der Waals surface area contributed by atoms with E-state index in [-0.39, 0.29) is 6.61 Å². The van der Waals surface area contributed by atoms with Crippen LogP contribution in [0, 0.1) is 6.92 Å². The molecule has 0 atom stereocenters. The number of hydrogen-bond donors (Lipinski definition) is 1. The van der Waals surface area contributed by atoms with Crippen LogP contribution in [0.25, 0.3) is 0 Å². The third kappa shape index (κ3) is 2.05. The Balaban J connectivity index is 3.06. The van der Waals surface area contributed by atoms with Crippen LogP contribution in [-0.4, -0.2) is 10.1 Å². The number of aryl methyl sites for hydroxylation is 1. The van der Waals surface area contributed by atoms with Crippen LogP contribution in [0.5, 0.6) is 0 Å². The van der Waals surface area contributed by atoms with Gasteiger partial charge in [0.15, 0.2) is 0 Å². The average molecular weight is 165 g/mol. The molecule has 1 rings (SSSR count). The minimum absolute atomic E-state index is 0.100. The average Bonchev–Trinajstić information content (AvgIpc) is 2.03. The van der Waals surface area contributed by atoms with Crippen molar-refractivity contribution in [2.24, 2.45) is 0 Å². The molecule has 0 amide bonds. The molecule has 0 saturated carbocycles. The lowest BCUT2D eigenvalue weighted by molar-refractivity contribution is 0.281. The van der Waals surface area contributed by atoms with E-state index in [4.69, 9.17) is 5.11 Å². The maximum atomic E-state index is 8.94. The summed E-state index contributed by atoms with van der Waals surface area (Å²) >= 11 is 0. The fourth-order valence-corrected chi connectivity index (χ4v) is 1.16. The number of aromatic nitrogens is 1. The van der Waals surface area contributed by atoms with Gasteiger partial charge in [-0.05, 0) is 30.5 Å². The van der Waals surface area contributed by atoms with Crippen molar-refractivity contribution in [1.82, 2.24) is 4.98 Å². The molecule has 66 valence electrons. The second-order valence-corrected chi connectivity index (χ2v) is 3.35. The van der Waals surface area contributed by atoms with Crippen molar-refractivity contribution in [3.63, 3.8) is 0 Å². The Hall–Kier alpha value is -0.890. The first-order valence-corrected chi connectivity index (χ1v) is 4.22. The molecular formula is C10H15NO. The zero-order valence-corrected chi connectivity index (χ0v) is 7.83. The molecule has 12 heavy (non-hydrogen) atoms. The molecule has 0 aromatic carbocycles. The van der Waals surface area contributed by atoms with Crippen molar-refractivity contribution in [2.45, 2.75) is 33.3 Å². The van der Waals surface area contributed by atoms with Crippen molar-refractivity contribution in [1.29, 1.82) is 0 Å². The molecule has 2 nitrogen and oxygen atoms in total. The zero-order chi connectivity index (χ0) is 9.14. The third-order valence-corrected chi connectivity index (χ3v) is 1.81. The number of rotatable bonds is 2. The van der Waals surface area contributed by atoms with Gasteiger partial charge in [0.1, 0.15) is 0 Å². The molecule has 0 aliphatic carbocycles. The molecule has 0 spiro atoms. The van der Waals surface area contributed by atoms with E-state index in [0.29, 0.717) is 5.92 Å². The highest BCUT2D eigenvalue weighted by atomic mass is 16.3. The second kappa shape index (κ2) is 3.68. The number of aliphatic hydroxyl groups is 1. The van der Waals surface area contributed by atoms with Gasteiger partial charge in [-0.2, -0.15) is 0 Å². The number of pyridine rings is 1. The van der Waals surface area contributed by atoms with Gasteiger partial charge in [0.05, 0.1) is 6.61 Å². The molecule has 2 heteroatoms. The summed E-state index contributed by atoms with van der Waals surface area (Å²) in [6, 6.07) is 3.86. The van der Waals surface area contributed by atoms with Crippen LogP contribution in [0.3, 0.4) is 0 Å². The maximum Gasteiger partial charge on any atom is 0.0683 e. The predicted molar refractivity (Wildman–Crippen MR) is 49.0 cm³/mol. The van der Waals surface area contributed by atoms with E-state index in [2.05, 4.69) is 18.8 Å². The third-order valence-electron chi connectivity index (χ3n) is 1.81. The van der Waals surface area contributed by atoms with Gasteiger partial charge in [-0.1, -0.05) is 13.8 Å². The highest BCUT2D eigenvalue weighted by Crippen LogP contribution is 2.14. The Morgan fingerprint density at radius 3 is 2.58 bits per heavy atom. The monoisotopic (exact) mass is 165 g/mol. The normalized spacial score (nSPS) is 10.8. The van der Waals surface area contributed by atoms with E-state index in [1.807, 2.05) is 19.1 Å². The molecule has 1 heterocycles. The van der Waals surface area contributed by atoms with Crippen LogP contribution in [0.1, 0.15) is 36.7 Å². The Kier molecular flexibility index (Phi) is 2.82. The molecule has 0 fully saturated rings. The van der Waals surface area contributed by atoms with E-state index in [1.54, 1.807) is 0 Å². The van der Waals surface area contributed by atoms with E-state index in [0.717, 1.165) is 17.0 Å². The summed E-state index contributed by atoms with van der Waals surface area (Å²) in [7, 11) is 0. The first-order valence-electron chi connectivity index (χ1n) is 4.22. The van der Waals surface area contributed by atoms with Gasteiger partial charge in [0.2, 0.25) is 0 Å². The summed E-state index contributed by atoms with van der Waals surface area (Å²) in [5.41, 5.74) is 2.98. The van der Waals surface area contributed by atoms with Gasteiger partial charge in [-0.25, -0.2) is 0 Å². The van der Waals surface area contributed by atoms with E-state index in [1.165, 1.54) is 0 Å². The van der Waals surface area contributed by atoms with Crippen LogP contribution in [-0.2, 0) is 6.61 Å². The van der Waals surface area contributed by atoms with Crippen molar-refractivity contribution < 1.29 is 5.11 Å². The summed E-state index contributed by atoms with van der Waals surface area (Å²) < 4.78 is 0. The molecule has 0 aliphatic heterocycles. The summed E-state index contributed by atoms with van der Waals surface area (Å²) in [6.45, 7) is 6.25. The van der Waals surface area contributed by atoms with Gasteiger partial charge >= 0.3 is 0 Å². The van der Waals surface area contributed by atoms with Crippen LogP contribution < -0.4 is 0 Å². The maximum absolute atomic E-state index is 8.94. The summed E-state index contributed by atoms with van der Waals surface area (Å²) in [5, 5.41) is 8.94. The minimum Gasteiger partial charge on any atom is -0.392 e. The molecule has 1 aromatic heterocycles. The Labute approximate surface area is 73.3 Å². The fraction of sp³-hybridized carbons (Fsp3) is 0.500. The lowest BCUT2D eigenvalue weighted by atomic mass is 10.1. The quantitative estimate of drug-likeness (QED) is 0.727. The van der Waals surface area contributed by atoms with Gasteiger partial charge in [0.25, 0.3) is 0 Å². The Morgan fingerprint density at radius 1 is 1.42 bits per heavy atom. The highest BCUT2D eigenvalue weighted by molar-refractivity contribution is 5.21. The zero-order valence-electron chi connectivity index (χ0n) is 7.83. The van der Waals surface area contributed by atoms with E-state index in [9.17, 15) is 0 Å². The molecule has 1 N–H and O–H groups in total. The molecule has 0 bridgehead atoms. The predicted octanol–water partition coefficient (Wildman–Crippen LogP) is 2.01. The standard InChI is InChI=1S/C10H15NO/c1-7(2)10-5-9(6-12)4-8(3)11-10/h4-5,7,12H,6H2,1-3H3. The Bertz CT molecular complexity index is 269. The molecule has 0 radical (unpaired) electrons. The van der Waals surface area contributed by atoms with Crippen LogP contribution >= 0.6 is 0 Å². The van der Waals surface area contributed by atoms with Crippen molar-refractivity contribution in [3.8, 4) is 0 Å². The lowest BCUT2D eigenvalue weighted by Crippen LogP contribution is -1.97. The summed E-state index contributed by atoms with van der Waals surface area (Å²) in [5.74, 6) is 0.426. The molecule has 0 saturated heterocycles. The van der Waals surface area contributed by atoms with Gasteiger partial charge in [0, 0.05) is 11.4 Å². The smallest absolute Gasteiger partial charge is 0.0683 e. The minimum atomic E-state index is 0.100. The van der Waals surface area contributed by atoms with Gasteiger partial charge < -0.3 is 5.11 Å². The van der Waals surface area contributed by atoms with Gasteiger partial charge in [-0.15, -0.1) is 0 Å². The first-order chi connectivity index (χ1) is 5.63. The lowest BCUT2D eigenvalue weighted by Gasteiger charge is -2.07. The summed E-state index contributed by atoms with van der Waals surface area (Å²) in [6.07, 6.45) is 0. The van der Waals surface area contributed by atoms with E-state index >= 15 is 0 Å². The van der Waals surface area contributed by atoms with Gasteiger partial charge in [-0.3, -0.25) is 4.98 Å². The number of hydrogen-bond acceptors (Lipinski definition) is 2. The largest absolute Gasteiger partial charge is 0.392 e. The number of aliphatic hydroxyl groups excluding tert-OH is 1.